The van der Waals surface area contributed by atoms with Crippen molar-refractivity contribution in [2.75, 3.05) is 0 Å². The van der Waals surface area contributed by atoms with Crippen molar-refractivity contribution in [3.8, 4) is 11.4 Å². The normalized spacial score (nSPS) is 9.74. The molecule has 2 aromatic heterocycles. The molecule has 3 heteroatoms. The average molecular weight is 255 g/mol. The van der Waals surface area contributed by atoms with E-state index in [0.717, 1.165) is 35.4 Å². The van der Waals surface area contributed by atoms with Gasteiger partial charge in [0.05, 0.1) is 11.4 Å². The van der Waals surface area contributed by atoms with Crippen molar-refractivity contribution in [2.24, 2.45) is 5.73 Å². The van der Waals surface area contributed by atoms with Crippen molar-refractivity contribution < 1.29 is 0 Å². The molecule has 2 N–H and O–H groups in total. The Morgan fingerprint density at radius 3 is 2.21 bits per heavy atom. The van der Waals surface area contributed by atoms with Gasteiger partial charge in [-0.1, -0.05) is 26.1 Å². The van der Waals surface area contributed by atoms with Crippen LogP contribution in [0.25, 0.3) is 11.4 Å². The molecule has 0 aliphatic rings. The molecule has 0 radical (unpaired) electrons. The zero-order chi connectivity index (χ0) is 13.0. The Hall–Kier alpha value is -2.16. The second kappa shape index (κ2) is 6.69. The molecule has 0 saturated carbocycles. The molecule has 0 spiro atoms. The van der Waals surface area contributed by atoms with Crippen LogP contribution in [0.2, 0.25) is 0 Å². The summed E-state index contributed by atoms with van der Waals surface area (Å²) in [4.78, 5) is 8.78. The predicted octanol–water partition coefficient (Wildman–Crippen LogP) is 3.49. The fourth-order valence-corrected chi connectivity index (χ4v) is 1.65. The average Bonchev–Trinajstić information content (AvgIpc) is 2.38. The van der Waals surface area contributed by atoms with Crippen molar-refractivity contribution in [3.05, 3.63) is 60.1 Å². The molecule has 0 fully saturated rings. The molecule has 0 aliphatic carbocycles. The van der Waals surface area contributed by atoms with Crippen LogP contribution in [-0.4, -0.2) is 9.97 Å². The number of hydrogen-bond acceptors (Lipinski definition) is 3. The van der Waals surface area contributed by atoms with Gasteiger partial charge in [-0.2, -0.15) is 0 Å². The molecule has 0 aliphatic heterocycles. The molecule has 0 aromatic carbocycles. The van der Waals surface area contributed by atoms with Gasteiger partial charge >= 0.3 is 0 Å². The van der Waals surface area contributed by atoms with Crippen LogP contribution >= 0.6 is 0 Å². The maximum absolute atomic E-state index is 5.55. The van der Waals surface area contributed by atoms with Crippen molar-refractivity contribution in [2.45, 2.75) is 27.2 Å². The molecule has 3 nitrogen and oxygen atoms in total. The maximum Gasteiger partial charge on any atom is 0.0886 e. The van der Waals surface area contributed by atoms with Crippen LogP contribution in [0.1, 0.15) is 25.0 Å². The van der Waals surface area contributed by atoms with E-state index in [4.69, 9.17) is 5.73 Å². The lowest BCUT2D eigenvalue weighted by atomic mass is 10.1. The summed E-state index contributed by atoms with van der Waals surface area (Å²) < 4.78 is 0. The highest BCUT2D eigenvalue weighted by Crippen LogP contribution is 2.15. The first-order valence-corrected chi connectivity index (χ1v) is 5.96. The van der Waals surface area contributed by atoms with Crippen LogP contribution in [0.5, 0.6) is 0 Å². The maximum atomic E-state index is 5.55. The summed E-state index contributed by atoms with van der Waals surface area (Å²) in [7, 11) is 0. The molecule has 0 atom stereocenters. The third-order valence-corrected chi connectivity index (χ3v) is 2.73. The molecule has 100 valence electrons. The Balaban J connectivity index is 0.00000180. The zero-order valence-electron chi connectivity index (χ0n) is 10.6. The Bertz CT molecular complexity index is 527. The largest absolute Gasteiger partial charge is 0.403 e. The summed E-state index contributed by atoms with van der Waals surface area (Å²) in [5.41, 5.74) is 10.4. The van der Waals surface area contributed by atoms with Gasteiger partial charge in [0.25, 0.3) is 0 Å². The van der Waals surface area contributed by atoms with Crippen molar-refractivity contribution in [1.82, 2.24) is 9.97 Å². The Morgan fingerprint density at radius 1 is 1.11 bits per heavy atom. The van der Waals surface area contributed by atoms with Gasteiger partial charge in [-0.25, -0.2) is 0 Å². The minimum absolute atomic E-state index is 0. The fraction of sp³-hybridized carbons (Fsp3) is 0.250. The number of aryl methyl sites for hydroxylation is 2. The minimum atomic E-state index is 0. The van der Waals surface area contributed by atoms with E-state index in [1.807, 2.05) is 37.5 Å². The second-order valence-corrected chi connectivity index (χ2v) is 4.43. The van der Waals surface area contributed by atoms with Crippen LogP contribution in [0, 0.1) is 6.92 Å². The predicted molar refractivity (Wildman–Crippen MR) is 80.6 cm³/mol. The molecule has 0 unspecified atom stereocenters. The first-order valence-electron chi connectivity index (χ1n) is 5.96. The summed E-state index contributed by atoms with van der Waals surface area (Å²) >= 11 is 0. The number of hydrogen-bond donors (Lipinski definition) is 1. The van der Waals surface area contributed by atoms with Crippen LogP contribution in [-0.2, 0) is 6.42 Å². The highest BCUT2D eigenvalue weighted by atomic mass is 14.8. The highest BCUT2D eigenvalue weighted by Gasteiger charge is 2.01. The summed E-state index contributed by atoms with van der Waals surface area (Å²) in [5, 5.41) is 0. The van der Waals surface area contributed by atoms with E-state index in [0.29, 0.717) is 5.70 Å². The number of allylic oxidation sites excluding steroid dienone is 1. The third kappa shape index (κ3) is 4.21. The third-order valence-electron chi connectivity index (χ3n) is 2.73. The van der Waals surface area contributed by atoms with Crippen molar-refractivity contribution >= 4 is 0 Å². The van der Waals surface area contributed by atoms with E-state index in [1.54, 1.807) is 0 Å². The smallest absolute Gasteiger partial charge is 0.0886 e. The summed E-state index contributed by atoms with van der Waals surface area (Å²) in [6.07, 6.45) is 5.40. The molecule has 0 saturated heterocycles. The van der Waals surface area contributed by atoms with Gasteiger partial charge in [0.15, 0.2) is 0 Å². The zero-order valence-corrected chi connectivity index (χ0v) is 10.6. The van der Waals surface area contributed by atoms with Crippen LogP contribution in [0.4, 0.5) is 0 Å². The minimum Gasteiger partial charge on any atom is -0.403 e. The fourth-order valence-electron chi connectivity index (χ4n) is 1.65. The van der Waals surface area contributed by atoms with Crippen molar-refractivity contribution in [1.29, 1.82) is 0 Å². The number of pyridine rings is 2. The highest BCUT2D eigenvalue weighted by molar-refractivity contribution is 5.53. The summed E-state index contributed by atoms with van der Waals surface area (Å²) in [6.45, 7) is 5.71. The van der Waals surface area contributed by atoms with E-state index in [9.17, 15) is 0 Å². The van der Waals surface area contributed by atoms with Gasteiger partial charge < -0.3 is 5.73 Å². The topological polar surface area (TPSA) is 51.8 Å². The Labute approximate surface area is 115 Å². The summed E-state index contributed by atoms with van der Waals surface area (Å²) in [6, 6.07) is 8.08. The van der Waals surface area contributed by atoms with E-state index < -0.39 is 0 Å². The molecule has 2 heterocycles. The van der Waals surface area contributed by atoms with E-state index in [-0.39, 0.29) is 7.43 Å². The molecule has 2 rings (SSSR count). The van der Waals surface area contributed by atoms with Crippen LogP contribution in [0.15, 0.2) is 48.9 Å². The number of aromatic nitrogens is 2. The first kappa shape index (κ1) is 14.9. The van der Waals surface area contributed by atoms with Gasteiger partial charge in [0, 0.05) is 18.1 Å². The van der Waals surface area contributed by atoms with Crippen LogP contribution in [0.3, 0.4) is 0 Å². The quantitative estimate of drug-likeness (QED) is 0.909. The molecule has 2 aromatic rings. The Morgan fingerprint density at radius 2 is 1.74 bits per heavy atom. The van der Waals surface area contributed by atoms with Gasteiger partial charge in [-0.05, 0) is 43.0 Å². The van der Waals surface area contributed by atoms with Gasteiger partial charge in [-0.15, -0.1) is 0 Å². The van der Waals surface area contributed by atoms with Gasteiger partial charge in [0.1, 0.15) is 0 Å². The number of rotatable bonds is 4. The first-order chi connectivity index (χ1) is 8.65. The molecule has 0 bridgehead atoms. The van der Waals surface area contributed by atoms with Gasteiger partial charge in [0.2, 0.25) is 0 Å². The SMILES string of the molecule is C.C=C(N)CCc1ccc(-c2ccc(C)cn2)nc1. The van der Waals surface area contributed by atoms with E-state index in [2.05, 4.69) is 22.6 Å². The number of nitrogens with two attached hydrogens (primary N) is 1. The monoisotopic (exact) mass is 255 g/mol. The molecule has 0 amide bonds. The van der Waals surface area contributed by atoms with E-state index >= 15 is 0 Å². The molecular weight excluding hydrogens is 234 g/mol. The summed E-state index contributed by atoms with van der Waals surface area (Å²) in [5.74, 6) is 0. The second-order valence-electron chi connectivity index (χ2n) is 4.43. The number of nitrogens with zero attached hydrogens (tertiary/aromatic N) is 2. The van der Waals surface area contributed by atoms with E-state index in [1.165, 1.54) is 0 Å². The lowest BCUT2D eigenvalue weighted by Gasteiger charge is -2.03. The van der Waals surface area contributed by atoms with Crippen LogP contribution < -0.4 is 5.73 Å². The lowest BCUT2D eigenvalue weighted by Crippen LogP contribution is -1.97. The molecule has 19 heavy (non-hydrogen) atoms. The standard InChI is InChI=1S/C15H17N3.CH4/c1-11-3-7-14(17-9-11)15-8-6-13(10-18-15)5-4-12(2)16;/h3,6-10H,2,4-5,16H2,1H3;1H4. The van der Waals surface area contributed by atoms with Crippen molar-refractivity contribution in [3.63, 3.8) is 0 Å². The van der Waals surface area contributed by atoms with Gasteiger partial charge in [-0.3, -0.25) is 9.97 Å². The Kier molecular flexibility index (Phi) is 5.24. The lowest BCUT2D eigenvalue weighted by molar-refractivity contribution is 0.924. The molecular formula is C16H21N3.